The molecule has 0 radical (unpaired) electrons. The minimum absolute atomic E-state index is 0.0520. The van der Waals surface area contributed by atoms with Gasteiger partial charge in [0.25, 0.3) is 0 Å². The first kappa shape index (κ1) is 15.6. The van der Waals surface area contributed by atoms with Crippen LogP contribution in [0, 0.1) is 5.92 Å². The van der Waals surface area contributed by atoms with E-state index in [0.29, 0.717) is 5.02 Å². The third kappa shape index (κ3) is 3.44. The highest BCUT2D eigenvalue weighted by Crippen LogP contribution is 2.24. The van der Waals surface area contributed by atoms with E-state index in [4.69, 9.17) is 17.3 Å². The Morgan fingerprint density at radius 1 is 1.45 bits per heavy atom. The van der Waals surface area contributed by atoms with Crippen LogP contribution >= 0.6 is 11.6 Å². The van der Waals surface area contributed by atoms with Crippen LogP contribution in [-0.2, 0) is 10.0 Å². The molecule has 20 heavy (non-hydrogen) atoms. The van der Waals surface area contributed by atoms with Gasteiger partial charge in [-0.1, -0.05) is 18.5 Å². The number of likely N-dealkylation sites (tertiary alicyclic amines) is 1. The fraction of sp³-hybridized carbons (Fsp3) is 0.538. The summed E-state index contributed by atoms with van der Waals surface area (Å²) in [4.78, 5) is 2.25. The summed E-state index contributed by atoms with van der Waals surface area (Å²) >= 11 is 5.86. The maximum Gasteiger partial charge on any atom is 0.242 e. The predicted molar refractivity (Wildman–Crippen MR) is 81.3 cm³/mol. The molecule has 2 unspecified atom stereocenters. The highest BCUT2D eigenvalue weighted by molar-refractivity contribution is 7.89. The number of nitrogen functional groups attached to an aromatic ring is 1. The van der Waals surface area contributed by atoms with E-state index in [9.17, 15) is 8.42 Å². The molecule has 0 amide bonds. The van der Waals surface area contributed by atoms with Crippen molar-refractivity contribution < 1.29 is 8.42 Å². The van der Waals surface area contributed by atoms with Crippen LogP contribution in [0.3, 0.4) is 0 Å². The first-order chi connectivity index (χ1) is 9.29. The van der Waals surface area contributed by atoms with Crippen molar-refractivity contribution in [2.75, 3.05) is 25.9 Å². The van der Waals surface area contributed by atoms with E-state index in [2.05, 4.69) is 9.62 Å². The van der Waals surface area contributed by atoms with Crippen molar-refractivity contribution in [3.8, 4) is 0 Å². The van der Waals surface area contributed by atoms with E-state index in [-0.39, 0.29) is 22.5 Å². The molecule has 3 N–H and O–H groups in total. The first-order valence-electron chi connectivity index (χ1n) is 6.55. The fourth-order valence-corrected chi connectivity index (χ4v) is 4.31. The van der Waals surface area contributed by atoms with Crippen LogP contribution in [0.25, 0.3) is 0 Å². The van der Waals surface area contributed by atoms with Gasteiger partial charge in [0.15, 0.2) is 0 Å². The van der Waals surface area contributed by atoms with E-state index >= 15 is 0 Å². The molecule has 1 aromatic carbocycles. The Morgan fingerprint density at radius 2 is 2.15 bits per heavy atom. The minimum atomic E-state index is -3.64. The lowest BCUT2D eigenvalue weighted by Crippen LogP contribution is -2.48. The van der Waals surface area contributed by atoms with Crippen LogP contribution < -0.4 is 10.5 Å². The van der Waals surface area contributed by atoms with E-state index in [1.807, 2.05) is 14.0 Å². The summed E-state index contributed by atoms with van der Waals surface area (Å²) in [5.41, 5.74) is 5.96. The van der Waals surface area contributed by atoms with Gasteiger partial charge in [-0.3, -0.25) is 0 Å². The van der Waals surface area contributed by atoms with E-state index in [1.165, 1.54) is 12.1 Å². The van der Waals surface area contributed by atoms with Gasteiger partial charge in [0.1, 0.15) is 4.90 Å². The molecule has 5 nitrogen and oxygen atoms in total. The van der Waals surface area contributed by atoms with E-state index < -0.39 is 10.0 Å². The lowest BCUT2D eigenvalue weighted by atomic mass is 9.95. The Morgan fingerprint density at radius 3 is 2.80 bits per heavy atom. The zero-order valence-corrected chi connectivity index (χ0v) is 13.2. The number of halogens is 1. The van der Waals surface area contributed by atoms with Crippen LogP contribution in [0.2, 0.25) is 5.02 Å². The molecular formula is C13H20ClN3O2S. The number of nitrogens with one attached hydrogen (secondary N) is 1. The lowest BCUT2D eigenvalue weighted by Gasteiger charge is -2.35. The highest BCUT2D eigenvalue weighted by Gasteiger charge is 2.29. The number of benzene rings is 1. The largest absolute Gasteiger partial charge is 0.398 e. The molecule has 1 fully saturated rings. The Hall–Kier alpha value is -0.820. The molecule has 1 aliphatic heterocycles. The topological polar surface area (TPSA) is 75.4 Å². The van der Waals surface area contributed by atoms with Gasteiger partial charge in [0.05, 0.1) is 5.69 Å². The van der Waals surface area contributed by atoms with Crippen LogP contribution in [0.5, 0.6) is 0 Å². The van der Waals surface area contributed by atoms with Gasteiger partial charge in [-0.25, -0.2) is 13.1 Å². The standard InChI is InChI=1S/C13H20ClN3O2S/c1-9-8-17(2)6-5-12(9)16-20(18,19)13-7-10(14)3-4-11(13)15/h3-4,7,9,12,16H,5-6,8,15H2,1-2H3. The normalized spacial score (nSPS) is 24.8. The summed E-state index contributed by atoms with van der Waals surface area (Å²) in [7, 11) is -1.60. The summed E-state index contributed by atoms with van der Waals surface area (Å²) in [5.74, 6) is 0.254. The van der Waals surface area contributed by atoms with Crippen molar-refractivity contribution >= 4 is 27.3 Å². The van der Waals surface area contributed by atoms with Crippen molar-refractivity contribution in [1.29, 1.82) is 0 Å². The molecule has 7 heteroatoms. The molecule has 0 bridgehead atoms. The third-order valence-electron chi connectivity index (χ3n) is 3.68. The van der Waals surface area contributed by atoms with Gasteiger partial charge >= 0.3 is 0 Å². The molecule has 0 aliphatic carbocycles. The minimum Gasteiger partial charge on any atom is -0.398 e. The molecule has 2 atom stereocenters. The summed E-state index contributed by atoms with van der Waals surface area (Å²) in [6, 6.07) is 4.40. The number of hydrogen-bond acceptors (Lipinski definition) is 4. The first-order valence-corrected chi connectivity index (χ1v) is 8.41. The van der Waals surface area contributed by atoms with Crippen molar-refractivity contribution in [1.82, 2.24) is 9.62 Å². The molecule has 1 aliphatic rings. The van der Waals surface area contributed by atoms with Gasteiger partial charge in [-0.05, 0) is 44.1 Å². The average Bonchev–Trinajstić information content (AvgIpc) is 2.35. The Balaban J connectivity index is 2.21. The molecule has 0 saturated carbocycles. The molecule has 0 spiro atoms. The maximum atomic E-state index is 12.4. The van der Waals surface area contributed by atoms with Gasteiger partial charge in [0, 0.05) is 17.6 Å². The van der Waals surface area contributed by atoms with Crippen LogP contribution in [-0.4, -0.2) is 39.5 Å². The number of sulfonamides is 1. The van der Waals surface area contributed by atoms with Crippen LogP contribution in [0.15, 0.2) is 23.1 Å². The molecule has 2 rings (SSSR count). The second-order valence-electron chi connectivity index (χ2n) is 5.44. The Bertz CT molecular complexity index is 591. The molecular weight excluding hydrogens is 298 g/mol. The molecule has 0 aromatic heterocycles. The number of hydrogen-bond donors (Lipinski definition) is 2. The quantitative estimate of drug-likeness (QED) is 0.829. The van der Waals surface area contributed by atoms with Crippen LogP contribution in [0.1, 0.15) is 13.3 Å². The zero-order valence-electron chi connectivity index (χ0n) is 11.6. The summed E-state index contributed by atoms with van der Waals surface area (Å²) in [6.45, 7) is 3.80. The summed E-state index contributed by atoms with van der Waals surface area (Å²) in [6.07, 6.45) is 0.789. The van der Waals surface area contributed by atoms with E-state index in [1.54, 1.807) is 6.07 Å². The lowest BCUT2D eigenvalue weighted by molar-refractivity contribution is 0.188. The van der Waals surface area contributed by atoms with Crippen molar-refractivity contribution in [2.45, 2.75) is 24.3 Å². The number of anilines is 1. The third-order valence-corrected chi connectivity index (χ3v) is 5.46. The number of nitrogens with zero attached hydrogens (tertiary/aromatic N) is 1. The SMILES string of the molecule is CC1CN(C)CCC1NS(=O)(=O)c1cc(Cl)ccc1N. The van der Waals surface area contributed by atoms with Crippen molar-refractivity contribution in [3.05, 3.63) is 23.2 Å². The number of nitrogens with two attached hydrogens (primary N) is 1. The molecule has 112 valence electrons. The zero-order chi connectivity index (χ0) is 14.9. The molecule has 1 saturated heterocycles. The van der Waals surface area contributed by atoms with Gasteiger partial charge in [-0.2, -0.15) is 0 Å². The Kier molecular flexibility index (Phi) is 4.59. The second-order valence-corrected chi connectivity index (χ2v) is 7.56. The number of rotatable bonds is 3. The molecule has 1 aromatic rings. The van der Waals surface area contributed by atoms with Gasteiger partial charge in [0.2, 0.25) is 10.0 Å². The smallest absolute Gasteiger partial charge is 0.242 e. The monoisotopic (exact) mass is 317 g/mol. The summed E-state index contributed by atoms with van der Waals surface area (Å²) < 4.78 is 27.6. The van der Waals surface area contributed by atoms with E-state index in [0.717, 1.165) is 19.5 Å². The second kappa shape index (κ2) is 5.89. The molecule has 1 heterocycles. The highest BCUT2D eigenvalue weighted by atomic mass is 35.5. The Labute approximate surface area is 125 Å². The van der Waals surface area contributed by atoms with Gasteiger partial charge in [-0.15, -0.1) is 0 Å². The summed E-state index contributed by atoms with van der Waals surface area (Å²) in [5, 5.41) is 0.357. The predicted octanol–water partition coefficient (Wildman–Crippen LogP) is 1.54. The fourth-order valence-electron chi connectivity index (χ4n) is 2.53. The van der Waals surface area contributed by atoms with Crippen molar-refractivity contribution in [3.63, 3.8) is 0 Å². The van der Waals surface area contributed by atoms with Gasteiger partial charge < -0.3 is 10.6 Å². The average molecular weight is 318 g/mol. The number of piperidine rings is 1. The van der Waals surface area contributed by atoms with Crippen molar-refractivity contribution in [2.24, 2.45) is 5.92 Å². The van der Waals surface area contributed by atoms with Crippen LogP contribution in [0.4, 0.5) is 5.69 Å². The maximum absolute atomic E-state index is 12.4.